The summed E-state index contributed by atoms with van der Waals surface area (Å²) in [5.41, 5.74) is 10.5. The molecule has 1 saturated heterocycles. The lowest BCUT2D eigenvalue weighted by atomic mass is 10.1. The van der Waals surface area contributed by atoms with Crippen molar-refractivity contribution < 1.29 is 14.3 Å². The van der Waals surface area contributed by atoms with Gasteiger partial charge in [0.05, 0.1) is 13.1 Å². The van der Waals surface area contributed by atoms with Crippen LogP contribution in [0.2, 0.25) is 0 Å². The van der Waals surface area contributed by atoms with E-state index in [1.54, 1.807) is 0 Å². The van der Waals surface area contributed by atoms with Crippen LogP contribution in [0.15, 0.2) is 0 Å². The van der Waals surface area contributed by atoms with Gasteiger partial charge in [0.2, 0.25) is 5.91 Å². The van der Waals surface area contributed by atoms with Crippen molar-refractivity contribution in [3.63, 3.8) is 0 Å². The zero-order valence-electron chi connectivity index (χ0n) is 9.85. The summed E-state index contributed by atoms with van der Waals surface area (Å²) in [4.78, 5) is 23.8. The second kappa shape index (κ2) is 7.08. The lowest BCUT2D eigenvalue weighted by Gasteiger charge is -2.29. The fourth-order valence-electron chi connectivity index (χ4n) is 1.71. The van der Waals surface area contributed by atoms with Crippen LogP contribution in [0.4, 0.5) is 4.79 Å². The number of nitrogens with two attached hydrogens (primary N) is 2. The first-order valence-electron chi connectivity index (χ1n) is 5.75. The van der Waals surface area contributed by atoms with Crippen molar-refractivity contribution in [3.8, 4) is 0 Å². The number of hydrogen-bond donors (Lipinski definition) is 3. The summed E-state index contributed by atoms with van der Waals surface area (Å²) in [6, 6.07) is 0.262. The molecule has 7 nitrogen and oxygen atoms in total. The monoisotopic (exact) mass is 244 g/mol. The van der Waals surface area contributed by atoms with Gasteiger partial charge in [-0.2, -0.15) is 0 Å². The molecule has 1 aliphatic rings. The summed E-state index contributed by atoms with van der Waals surface area (Å²) in [6.45, 7) is 2.46. The Hall–Kier alpha value is -1.34. The number of nitrogens with zero attached hydrogens (tertiary/aromatic N) is 1. The molecule has 1 heterocycles. The van der Waals surface area contributed by atoms with E-state index in [-0.39, 0.29) is 25.1 Å². The Morgan fingerprint density at radius 1 is 1.35 bits per heavy atom. The van der Waals surface area contributed by atoms with Crippen LogP contribution in [-0.4, -0.2) is 55.7 Å². The molecule has 7 heteroatoms. The van der Waals surface area contributed by atoms with E-state index in [4.69, 9.17) is 11.5 Å². The van der Waals surface area contributed by atoms with E-state index in [0.29, 0.717) is 6.54 Å². The lowest BCUT2D eigenvalue weighted by molar-refractivity contribution is -0.122. The Bertz CT molecular complexity index is 264. The Kier molecular flexibility index (Phi) is 5.71. The second-order valence-corrected chi connectivity index (χ2v) is 4.13. The van der Waals surface area contributed by atoms with Gasteiger partial charge in [0.15, 0.2) is 0 Å². The van der Waals surface area contributed by atoms with E-state index in [2.05, 4.69) is 15.0 Å². The fraction of sp³-hybridized carbons (Fsp3) is 0.800. The highest BCUT2D eigenvalue weighted by Gasteiger charge is 2.17. The Balaban J connectivity index is 2.06. The Morgan fingerprint density at radius 3 is 2.59 bits per heavy atom. The lowest BCUT2D eigenvalue weighted by Crippen LogP contribution is -2.45. The molecule has 5 N–H and O–H groups in total. The summed E-state index contributed by atoms with van der Waals surface area (Å²) in [5.74, 6) is -0.0754. The Morgan fingerprint density at radius 2 is 2.00 bits per heavy atom. The van der Waals surface area contributed by atoms with Crippen molar-refractivity contribution in [3.05, 3.63) is 0 Å². The van der Waals surface area contributed by atoms with Crippen LogP contribution in [0.25, 0.3) is 0 Å². The van der Waals surface area contributed by atoms with E-state index >= 15 is 0 Å². The number of rotatable bonds is 5. The minimum atomic E-state index is -0.829. The summed E-state index contributed by atoms with van der Waals surface area (Å²) < 4.78 is 4.49. The van der Waals surface area contributed by atoms with Gasteiger partial charge in [-0.05, 0) is 12.8 Å². The zero-order chi connectivity index (χ0) is 12.7. The number of nitrogens with one attached hydrogen (secondary N) is 1. The normalized spacial score (nSPS) is 17.7. The molecule has 0 aliphatic carbocycles. The highest BCUT2D eigenvalue weighted by atomic mass is 16.5. The van der Waals surface area contributed by atoms with Gasteiger partial charge in [0.1, 0.15) is 6.61 Å². The molecule has 0 aromatic heterocycles. The van der Waals surface area contributed by atoms with Crippen molar-refractivity contribution in [2.75, 3.05) is 32.8 Å². The Labute approximate surface area is 100 Å². The predicted octanol–water partition coefficient (Wildman–Crippen LogP) is -1.38. The average molecular weight is 244 g/mol. The largest absolute Gasteiger partial charge is 0.448 e. The maximum Gasteiger partial charge on any atom is 0.404 e. The molecule has 0 aromatic rings. The number of likely N-dealkylation sites (tertiary alicyclic amines) is 1. The van der Waals surface area contributed by atoms with Crippen LogP contribution in [0.3, 0.4) is 0 Å². The van der Waals surface area contributed by atoms with Gasteiger partial charge in [0, 0.05) is 19.1 Å². The van der Waals surface area contributed by atoms with Gasteiger partial charge in [0.25, 0.3) is 0 Å². The molecule has 0 atom stereocenters. The van der Waals surface area contributed by atoms with Crippen molar-refractivity contribution in [2.45, 2.75) is 18.9 Å². The third-order valence-corrected chi connectivity index (χ3v) is 2.67. The molecule has 1 aliphatic heterocycles. The fourth-order valence-corrected chi connectivity index (χ4v) is 1.71. The number of piperidine rings is 1. The standard InChI is InChI=1S/C10H20N4O3/c11-8-1-4-14(5-2-8)7-9(15)13-3-6-17-10(12)16/h8H,1-7,11H2,(H2,12,16)(H,13,15). The topological polar surface area (TPSA) is 111 Å². The number of amides is 2. The van der Waals surface area contributed by atoms with Gasteiger partial charge >= 0.3 is 6.09 Å². The number of primary amides is 1. The second-order valence-electron chi connectivity index (χ2n) is 4.13. The summed E-state index contributed by atoms with van der Waals surface area (Å²) in [6.07, 6.45) is 1.03. The first-order valence-corrected chi connectivity index (χ1v) is 5.75. The first kappa shape index (κ1) is 13.7. The van der Waals surface area contributed by atoms with Crippen molar-refractivity contribution in [2.24, 2.45) is 11.5 Å². The summed E-state index contributed by atoms with van der Waals surface area (Å²) in [5, 5.41) is 2.65. The van der Waals surface area contributed by atoms with E-state index in [1.807, 2.05) is 0 Å². The van der Waals surface area contributed by atoms with Gasteiger partial charge in [-0.1, -0.05) is 0 Å². The molecule has 98 valence electrons. The predicted molar refractivity (Wildman–Crippen MR) is 62.2 cm³/mol. The molecule has 0 radical (unpaired) electrons. The van der Waals surface area contributed by atoms with Gasteiger partial charge in [-0.25, -0.2) is 4.79 Å². The molecule has 0 aromatic carbocycles. The van der Waals surface area contributed by atoms with E-state index in [0.717, 1.165) is 25.9 Å². The molecule has 17 heavy (non-hydrogen) atoms. The zero-order valence-corrected chi connectivity index (χ0v) is 9.85. The van der Waals surface area contributed by atoms with Crippen LogP contribution < -0.4 is 16.8 Å². The minimum absolute atomic E-state index is 0.0754. The number of carbonyl (C=O) groups excluding carboxylic acids is 2. The van der Waals surface area contributed by atoms with Crippen LogP contribution >= 0.6 is 0 Å². The van der Waals surface area contributed by atoms with E-state index < -0.39 is 6.09 Å². The molecule has 0 saturated carbocycles. The van der Waals surface area contributed by atoms with E-state index in [9.17, 15) is 9.59 Å². The number of hydrogen-bond acceptors (Lipinski definition) is 5. The quantitative estimate of drug-likeness (QED) is 0.516. The van der Waals surface area contributed by atoms with Crippen LogP contribution in [0.5, 0.6) is 0 Å². The molecule has 2 amide bonds. The third-order valence-electron chi connectivity index (χ3n) is 2.67. The SMILES string of the molecule is NC(=O)OCCNC(=O)CN1CCC(N)CC1. The van der Waals surface area contributed by atoms with Crippen molar-refractivity contribution in [1.82, 2.24) is 10.2 Å². The number of ether oxygens (including phenoxy) is 1. The summed E-state index contributed by atoms with van der Waals surface area (Å²) in [7, 11) is 0. The highest BCUT2D eigenvalue weighted by Crippen LogP contribution is 2.06. The van der Waals surface area contributed by atoms with Gasteiger partial charge in [-0.3, -0.25) is 9.69 Å². The molecule has 0 unspecified atom stereocenters. The van der Waals surface area contributed by atoms with Crippen LogP contribution in [0, 0.1) is 0 Å². The molecule has 1 fully saturated rings. The molecule has 0 bridgehead atoms. The van der Waals surface area contributed by atoms with Gasteiger partial charge in [-0.15, -0.1) is 0 Å². The summed E-state index contributed by atoms with van der Waals surface area (Å²) >= 11 is 0. The molecular formula is C10H20N4O3. The molecule has 1 rings (SSSR count). The minimum Gasteiger partial charge on any atom is -0.448 e. The maximum atomic E-state index is 11.5. The molecule has 0 spiro atoms. The van der Waals surface area contributed by atoms with Crippen molar-refractivity contribution in [1.29, 1.82) is 0 Å². The van der Waals surface area contributed by atoms with Crippen LogP contribution in [0.1, 0.15) is 12.8 Å². The smallest absolute Gasteiger partial charge is 0.404 e. The first-order chi connectivity index (χ1) is 8.08. The van der Waals surface area contributed by atoms with Crippen molar-refractivity contribution >= 4 is 12.0 Å². The van der Waals surface area contributed by atoms with Gasteiger partial charge < -0.3 is 21.5 Å². The maximum absolute atomic E-state index is 11.5. The third kappa shape index (κ3) is 6.08. The van der Waals surface area contributed by atoms with E-state index in [1.165, 1.54) is 0 Å². The van der Waals surface area contributed by atoms with Crippen LogP contribution in [-0.2, 0) is 9.53 Å². The number of carbonyl (C=O) groups is 2. The highest BCUT2D eigenvalue weighted by molar-refractivity contribution is 5.78. The molecular weight excluding hydrogens is 224 g/mol. The average Bonchev–Trinajstić information content (AvgIpc) is 2.27.